The van der Waals surface area contributed by atoms with Gasteiger partial charge in [0.2, 0.25) is 0 Å². The van der Waals surface area contributed by atoms with Gasteiger partial charge < -0.3 is 7.43 Å². The van der Waals surface area contributed by atoms with Crippen LogP contribution in [0.3, 0.4) is 0 Å². The van der Waals surface area contributed by atoms with Crippen LogP contribution >= 0.6 is 18.6 Å². The average molecular weight is 199 g/mol. The third kappa shape index (κ3) is 12.1. The molecule has 0 bridgehead atoms. The van der Waals surface area contributed by atoms with Gasteiger partial charge in [-0.15, -0.1) is 6.42 Å². The minimum atomic E-state index is -0.556. The van der Waals surface area contributed by atoms with Crippen molar-refractivity contribution in [3.63, 3.8) is 0 Å². The Labute approximate surface area is 73.6 Å². The van der Waals surface area contributed by atoms with Crippen LogP contribution in [0.4, 0.5) is 0 Å². The molecule has 0 N–H and O–H groups in total. The Morgan fingerprint density at radius 1 is 1.44 bits per heavy atom. The Bertz CT molecular complexity index is 79.1. The van der Waals surface area contributed by atoms with E-state index in [4.69, 9.17) is 18.6 Å². The number of rotatable bonds is 0. The summed E-state index contributed by atoms with van der Waals surface area (Å²) in [5.41, 5.74) is 0. The van der Waals surface area contributed by atoms with Crippen LogP contribution in [0.5, 0.6) is 0 Å². The Morgan fingerprint density at radius 2 is 2.00 bits per heavy atom. The third-order valence-electron chi connectivity index (χ3n) is 0.586. The van der Waals surface area contributed by atoms with Gasteiger partial charge in [0.05, 0.1) is 0 Å². The summed E-state index contributed by atoms with van der Waals surface area (Å²) >= 11 is -0.556. The molecule has 0 saturated carbocycles. The first-order valence-electron chi connectivity index (χ1n) is 2.10. The Morgan fingerprint density at radius 3 is 2.11 bits per heavy atom. The van der Waals surface area contributed by atoms with Gasteiger partial charge in [0.1, 0.15) is 0 Å². The molecule has 3 heteroatoms. The van der Waals surface area contributed by atoms with Crippen molar-refractivity contribution in [2.75, 3.05) is 0 Å². The molecule has 0 unspecified atom stereocenters. The molecule has 0 fully saturated rings. The van der Waals surface area contributed by atoms with Crippen molar-refractivity contribution in [2.45, 2.75) is 6.42 Å². The molecule has 0 radical (unpaired) electrons. The van der Waals surface area contributed by atoms with Gasteiger partial charge in [-0.1, -0.05) is 0 Å². The van der Waals surface area contributed by atoms with E-state index in [0.717, 1.165) is 6.42 Å². The molecular formula is C6H8Cl2Ti-2. The summed E-state index contributed by atoms with van der Waals surface area (Å²) in [6.45, 7) is 0. The number of hydrogen-bond donors (Lipinski definition) is 0. The molecule has 0 heterocycles. The van der Waals surface area contributed by atoms with Crippen molar-refractivity contribution in [2.24, 2.45) is 0 Å². The van der Waals surface area contributed by atoms with E-state index in [1.54, 1.807) is 0 Å². The number of allylic oxidation sites excluding steroid dienone is 4. The monoisotopic (exact) mass is 198 g/mol. The molecule has 0 aliphatic heterocycles. The van der Waals surface area contributed by atoms with Crippen molar-refractivity contribution in [3.8, 4) is 0 Å². The molecular weight excluding hydrogens is 191 g/mol. The molecule has 1 rings (SSSR count). The molecule has 0 aromatic carbocycles. The van der Waals surface area contributed by atoms with Crippen LogP contribution < -0.4 is 0 Å². The van der Waals surface area contributed by atoms with Crippen molar-refractivity contribution >= 4 is 18.6 Å². The van der Waals surface area contributed by atoms with Crippen LogP contribution in [0.1, 0.15) is 6.42 Å². The summed E-state index contributed by atoms with van der Waals surface area (Å²) in [7, 11) is 9.78. The van der Waals surface area contributed by atoms with Gasteiger partial charge in [0, 0.05) is 0 Å². The summed E-state index contributed by atoms with van der Waals surface area (Å²) in [6, 6.07) is 0. The standard InChI is InChI=1S/C5H5.CH3.2ClH.Ti/c1-2-4-5-3-1;;;;/h1-3H,4H2;1H3;2*1H;/q2*-1;;;+2/p-2. The van der Waals surface area contributed by atoms with Gasteiger partial charge in [-0.25, -0.2) is 12.2 Å². The second-order valence-electron chi connectivity index (χ2n) is 1.07. The zero-order valence-electron chi connectivity index (χ0n) is 5.20. The normalized spacial score (nSPS) is 11.3. The van der Waals surface area contributed by atoms with Crippen molar-refractivity contribution in [3.05, 3.63) is 31.7 Å². The molecule has 0 spiro atoms. The van der Waals surface area contributed by atoms with Gasteiger partial charge in [0.25, 0.3) is 0 Å². The van der Waals surface area contributed by atoms with E-state index in [9.17, 15) is 0 Å². The van der Waals surface area contributed by atoms with Crippen LogP contribution in [0.25, 0.3) is 0 Å². The molecule has 52 valence electrons. The van der Waals surface area contributed by atoms with Gasteiger partial charge in [-0.2, -0.15) is 6.08 Å². The fourth-order valence-corrected chi connectivity index (χ4v) is 0.340. The summed E-state index contributed by atoms with van der Waals surface area (Å²) in [5.74, 6) is 0. The van der Waals surface area contributed by atoms with E-state index in [-0.39, 0.29) is 7.43 Å². The van der Waals surface area contributed by atoms with E-state index >= 15 is 0 Å². The van der Waals surface area contributed by atoms with Crippen molar-refractivity contribution < 1.29 is 17.0 Å². The van der Waals surface area contributed by atoms with Gasteiger partial charge in [-0.05, 0) is 0 Å². The maximum atomic E-state index is 4.89. The molecule has 0 aromatic heterocycles. The minimum absolute atomic E-state index is 0. The zero-order chi connectivity index (χ0) is 6.24. The Hall–Kier alpha value is 0.774. The summed E-state index contributed by atoms with van der Waals surface area (Å²) in [5, 5.41) is 0. The first-order chi connectivity index (χ1) is 3.91. The van der Waals surface area contributed by atoms with E-state index in [1.807, 2.05) is 12.2 Å². The van der Waals surface area contributed by atoms with Gasteiger partial charge in [0.15, 0.2) is 0 Å². The van der Waals surface area contributed by atoms with Crippen LogP contribution in [-0.4, -0.2) is 0 Å². The molecule has 1 aliphatic rings. The fraction of sp³-hybridized carbons (Fsp3) is 0.167. The average Bonchev–Trinajstić information content (AvgIpc) is 2.17. The van der Waals surface area contributed by atoms with Crippen LogP contribution in [0.15, 0.2) is 18.2 Å². The summed E-state index contributed by atoms with van der Waals surface area (Å²) in [6.07, 6.45) is 10.0. The predicted molar refractivity (Wildman–Crippen MR) is 39.7 cm³/mol. The van der Waals surface area contributed by atoms with E-state index in [0.29, 0.717) is 0 Å². The van der Waals surface area contributed by atoms with E-state index < -0.39 is 17.0 Å². The quantitative estimate of drug-likeness (QED) is 0.415. The van der Waals surface area contributed by atoms with Crippen LogP contribution in [-0.2, 0) is 17.0 Å². The second kappa shape index (κ2) is 11.6. The topological polar surface area (TPSA) is 0 Å². The van der Waals surface area contributed by atoms with Crippen LogP contribution in [0, 0.1) is 13.5 Å². The molecule has 1 aliphatic carbocycles. The Kier molecular flexibility index (Phi) is 16.0. The van der Waals surface area contributed by atoms with Crippen molar-refractivity contribution in [1.29, 1.82) is 0 Å². The number of halogens is 2. The SMILES string of the molecule is [C-]1=CC=CC1.[CH3-].[Cl][Ti][Cl]. The molecule has 0 aromatic rings. The first-order valence-corrected chi connectivity index (χ1v) is 6.39. The predicted octanol–water partition coefficient (Wildman–Crippen LogP) is 3.13. The molecule has 0 saturated heterocycles. The molecule has 9 heavy (non-hydrogen) atoms. The first kappa shape index (κ1) is 12.5. The summed E-state index contributed by atoms with van der Waals surface area (Å²) < 4.78 is 0. The molecule has 0 nitrogen and oxygen atoms in total. The molecule has 0 amide bonds. The second-order valence-corrected chi connectivity index (χ2v) is 3.65. The zero-order valence-corrected chi connectivity index (χ0v) is 8.27. The van der Waals surface area contributed by atoms with E-state index in [1.165, 1.54) is 0 Å². The summed E-state index contributed by atoms with van der Waals surface area (Å²) in [4.78, 5) is 0. The maximum absolute atomic E-state index is 4.89. The number of hydrogen-bond acceptors (Lipinski definition) is 0. The molecule has 0 atom stereocenters. The third-order valence-corrected chi connectivity index (χ3v) is 0.586. The Balaban J connectivity index is 0. The van der Waals surface area contributed by atoms with Crippen LogP contribution in [0.2, 0.25) is 0 Å². The van der Waals surface area contributed by atoms with Gasteiger partial charge >= 0.3 is 35.6 Å². The fourth-order valence-electron chi connectivity index (χ4n) is 0.340. The van der Waals surface area contributed by atoms with Gasteiger partial charge in [-0.3, -0.25) is 6.08 Å². The van der Waals surface area contributed by atoms with E-state index in [2.05, 4.69) is 12.2 Å². The van der Waals surface area contributed by atoms with Crippen molar-refractivity contribution in [1.82, 2.24) is 0 Å².